The highest BCUT2D eigenvalue weighted by atomic mass is 35.5. The predicted molar refractivity (Wildman–Crippen MR) is 120 cm³/mol. The summed E-state index contributed by atoms with van der Waals surface area (Å²) in [4.78, 5) is 19.4. The van der Waals surface area contributed by atoms with Gasteiger partial charge < -0.3 is 9.64 Å². The lowest BCUT2D eigenvalue weighted by Crippen LogP contribution is -2.51. The molecule has 5 nitrogen and oxygen atoms in total. The van der Waals surface area contributed by atoms with Crippen molar-refractivity contribution in [3.63, 3.8) is 0 Å². The van der Waals surface area contributed by atoms with Gasteiger partial charge in [0.25, 0.3) is 5.91 Å². The molecule has 2 saturated heterocycles. The van der Waals surface area contributed by atoms with E-state index in [4.69, 9.17) is 16.3 Å². The van der Waals surface area contributed by atoms with Crippen molar-refractivity contribution < 1.29 is 13.9 Å². The smallest absolute Gasteiger partial charge is 0.255 e. The minimum atomic E-state index is -0.434. The van der Waals surface area contributed by atoms with Gasteiger partial charge in [0.1, 0.15) is 5.82 Å². The topological polar surface area (TPSA) is 36.0 Å². The number of carbonyl (C=O) groups excluding carboxylic acids is 1. The summed E-state index contributed by atoms with van der Waals surface area (Å²) in [5, 5.41) is 0.165. The van der Waals surface area contributed by atoms with Gasteiger partial charge in [-0.25, -0.2) is 4.39 Å². The van der Waals surface area contributed by atoms with E-state index in [0.717, 1.165) is 52.3 Å². The van der Waals surface area contributed by atoms with Crippen molar-refractivity contribution in [1.29, 1.82) is 0 Å². The molecule has 0 unspecified atom stereocenters. The molecule has 2 aliphatic rings. The fourth-order valence-corrected chi connectivity index (χ4v) is 4.57. The molecule has 2 aliphatic heterocycles. The van der Waals surface area contributed by atoms with Crippen LogP contribution in [0.1, 0.15) is 22.3 Å². The Morgan fingerprint density at radius 2 is 1.81 bits per heavy atom. The highest BCUT2D eigenvalue weighted by Gasteiger charge is 2.27. The van der Waals surface area contributed by atoms with Gasteiger partial charge in [-0.3, -0.25) is 14.6 Å². The van der Waals surface area contributed by atoms with Gasteiger partial charge in [-0.1, -0.05) is 41.9 Å². The molecule has 31 heavy (non-hydrogen) atoms. The lowest BCUT2D eigenvalue weighted by Gasteiger charge is -2.37. The molecule has 1 atom stereocenters. The molecule has 0 bridgehead atoms. The summed E-state index contributed by atoms with van der Waals surface area (Å²) < 4.78 is 19.4. The second-order valence-electron chi connectivity index (χ2n) is 8.28. The number of hydrogen-bond acceptors (Lipinski definition) is 4. The Labute approximate surface area is 188 Å². The zero-order chi connectivity index (χ0) is 21.6. The van der Waals surface area contributed by atoms with Crippen LogP contribution in [-0.4, -0.2) is 79.1 Å². The molecule has 2 fully saturated rings. The quantitative estimate of drug-likeness (QED) is 0.705. The Bertz CT molecular complexity index is 874. The Balaban J connectivity index is 1.28. The zero-order valence-corrected chi connectivity index (χ0v) is 18.4. The van der Waals surface area contributed by atoms with E-state index in [0.29, 0.717) is 18.7 Å². The first-order chi connectivity index (χ1) is 15.1. The highest BCUT2D eigenvalue weighted by Crippen LogP contribution is 2.20. The Kier molecular flexibility index (Phi) is 7.56. The molecular weight excluding hydrogens is 417 g/mol. The summed E-state index contributed by atoms with van der Waals surface area (Å²) in [6.07, 6.45) is 1.21. The van der Waals surface area contributed by atoms with Crippen LogP contribution < -0.4 is 0 Å². The molecule has 0 aromatic heterocycles. The lowest BCUT2D eigenvalue weighted by atomic mass is 10.1. The van der Waals surface area contributed by atoms with Crippen molar-refractivity contribution in [1.82, 2.24) is 14.7 Å². The van der Waals surface area contributed by atoms with Gasteiger partial charge in [-0.15, -0.1) is 0 Å². The summed E-state index contributed by atoms with van der Waals surface area (Å²) >= 11 is 6.07. The number of piperazine rings is 1. The number of rotatable bonds is 5. The van der Waals surface area contributed by atoms with Crippen LogP contribution in [0.5, 0.6) is 0 Å². The number of nitrogens with zero attached hydrogens (tertiary/aromatic N) is 3. The average molecular weight is 446 g/mol. The van der Waals surface area contributed by atoms with E-state index in [1.807, 2.05) is 6.07 Å². The number of halogens is 2. The van der Waals surface area contributed by atoms with Crippen LogP contribution in [-0.2, 0) is 11.3 Å². The van der Waals surface area contributed by atoms with Crippen molar-refractivity contribution in [3.05, 3.63) is 70.5 Å². The van der Waals surface area contributed by atoms with Crippen molar-refractivity contribution in [2.45, 2.75) is 19.1 Å². The van der Waals surface area contributed by atoms with Crippen LogP contribution in [0, 0.1) is 5.82 Å². The first-order valence-corrected chi connectivity index (χ1v) is 11.3. The largest absolute Gasteiger partial charge is 0.376 e. The van der Waals surface area contributed by atoms with Crippen LogP contribution in [0.2, 0.25) is 5.02 Å². The van der Waals surface area contributed by atoms with Gasteiger partial charge >= 0.3 is 0 Å². The fourth-order valence-electron chi connectivity index (χ4n) is 4.32. The maximum Gasteiger partial charge on any atom is 0.255 e. The van der Waals surface area contributed by atoms with Crippen LogP contribution in [0.25, 0.3) is 0 Å². The first kappa shape index (κ1) is 22.2. The summed E-state index contributed by atoms with van der Waals surface area (Å²) in [6.45, 7) is 7.42. The molecular formula is C24H29ClFN3O2. The molecule has 4 rings (SSSR count). The Morgan fingerprint density at radius 3 is 2.55 bits per heavy atom. The van der Waals surface area contributed by atoms with E-state index < -0.39 is 5.82 Å². The third-order valence-electron chi connectivity index (χ3n) is 5.97. The SMILES string of the molecule is O=C(c1ccc(F)cc1Cl)N1CCN(C[C@@H]2CN(Cc3ccccc3)CCCO2)CC1. The third-order valence-corrected chi connectivity index (χ3v) is 6.28. The molecule has 7 heteroatoms. The maximum atomic E-state index is 13.3. The second kappa shape index (κ2) is 10.6. The normalized spacial score (nSPS) is 21.1. The van der Waals surface area contributed by atoms with Crippen molar-refractivity contribution in [2.75, 3.05) is 52.4 Å². The number of hydrogen-bond donors (Lipinski definition) is 0. The van der Waals surface area contributed by atoms with Crippen LogP contribution in [0.15, 0.2) is 48.5 Å². The Morgan fingerprint density at radius 1 is 1.03 bits per heavy atom. The van der Waals surface area contributed by atoms with Gasteiger partial charge in [-0.05, 0) is 30.2 Å². The van der Waals surface area contributed by atoms with E-state index in [9.17, 15) is 9.18 Å². The summed E-state index contributed by atoms with van der Waals surface area (Å²) in [5.41, 5.74) is 1.69. The lowest BCUT2D eigenvalue weighted by molar-refractivity contribution is 0.0134. The monoisotopic (exact) mass is 445 g/mol. The first-order valence-electron chi connectivity index (χ1n) is 10.9. The second-order valence-corrected chi connectivity index (χ2v) is 8.69. The predicted octanol–water partition coefficient (Wildman–Crippen LogP) is 3.53. The van der Waals surface area contributed by atoms with Crippen LogP contribution in [0.3, 0.4) is 0 Å². The summed E-state index contributed by atoms with van der Waals surface area (Å²) in [7, 11) is 0. The molecule has 2 aromatic carbocycles. The van der Waals surface area contributed by atoms with E-state index >= 15 is 0 Å². The summed E-state index contributed by atoms with van der Waals surface area (Å²) in [5.74, 6) is -0.569. The number of carbonyl (C=O) groups is 1. The minimum Gasteiger partial charge on any atom is -0.376 e. The standard InChI is InChI=1S/C24H29ClFN3O2/c25-23-15-20(26)7-8-22(23)24(30)29-12-10-27(11-13-29)17-21-18-28(9-4-14-31-21)16-19-5-2-1-3-6-19/h1-3,5-8,15,21H,4,9-14,16-18H2/t21-/m1/s1. The van der Waals surface area contributed by atoms with Gasteiger partial charge in [0.05, 0.1) is 16.7 Å². The maximum absolute atomic E-state index is 13.3. The Hall–Kier alpha value is -1.99. The molecule has 0 spiro atoms. The van der Waals surface area contributed by atoms with Crippen LogP contribution >= 0.6 is 11.6 Å². The van der Waals surface area contributed by atoms with Crippen LogP contribution in [0.4, 0.5) is 4.39 Å². The van der Waals surface area contributed by atoms with Crippen molar-refractivity contribution >= 4 is 17.5 Å². The molecule has 2 aromatic rings. The van der Waals surface area contributed by atoms with Gasteiger partial charge in [0.15, 0.2) is 0 Å². The third kappa shape index (κ3) is 6.04. The molecule has 0 aliphatic carbocycles. The highest BCUT2D eigenvalue weighted by molar-refractivity contribution is 6.33. The molecule has 0 radical (unpaired) electrons. The molecule has 0 saturated carbocycles. The fraction of sp³-hybridized carbons (Fsp3) is 0.458. The molecule has 1 amide bonds. The van der Waals surface area contributed by atoms with Crippen molar-refractivity contribution in [2.24, 2.45) is 0 Å². The zero-order valence-electron chi connectivity index (χ0n) is 17.7. The molecule has 2 heterocycles. The van der Waals surface area contributed by atoms with Gasteiger partial charge in [0.2, 0.25) is 0 Å². The van der Waals surface area contributed by atoms with Gasteiger partial charge in [0, 0.05) is 59.0 Å². The average Bonchev–Trinajstić information content (AvgIpc) is 2.99. The number of benzene rings is 2. The number of ether oxygens (including phenoxy) is 1. The van der Waals surface area contributed by atoms with E-state index in [1.165, 1.54) is 23.8 Å². The summed E-state index contributed by atoms with van der Waals surface area (Å²) in [6, 6.07) is 14.5. The van der Waals surface area contributed by atoms with E-state index in [1.54, 1.807) is 4.90 Å². The van der Waals surface area contributed by atoms with Gasteiger partial charge in [-0.2, -0.15) is 0 Å². The molecule has 166 valence electrons. The van der Waals surface area contributed by atoms with Crippen molar-refractivity contribution in [3.8, 4) is 0 Å². The minimum absolute atomic E-state index is 0.135. The molecule has 0 N–H and O–H groups in total. The van der Waals surface area contributed by atoms with E-state index in [2.05, 4.69) is 34.1 Å². The number of amides is 1. The van der Waals surface area contributed by atoms with E-state index in [-0.39, 0.29) is 17.0 Å².